The molecule has 1 aromatic heterocycles. The van der Waals surface area contributed by atoms with Crippen molar-refractivity contribution in [2.45, 2.75) is 6.92 Å². The first-order valence-corrected chi connectivity index (χ1v) is 5.84. The summed E-state index contributed by atoms with van der Waals surface area (Å²) >= 11 is 5.73. The summed E-state index contributed by atoms with van der Waals surface area (Å²) in [4.78, 5) is 11.7. The maximum absolute atomic E-state index is 13.1. The molecule has 5 nitrogen and oxygen atoms in total. The van der Waals surface area contributed by atoms with Gasteiger partial charge in [0.15, 0.2) is 11.6 Å². The Balaban J connectivity index is 2.24. The number of aromatic nitrogens is 3. The van der Waals surface area contributed by atoms with Gasteiger partial charge in [0.1, 0.15) is 0 Å². The van der Waals surface area contributed by atoms with E-state index in [4.69, 9.17) is 11.6 Å². The normalized spacial score (nSPS) is 10.3. The topological polar surface area (TPSA) is 62.7 Å². The molecule has 0 atom stereocenters. The smallest absolute Gasteiger partial charge is 0.233 e. The highest BCUT2D eigenvalue weighted by atomic mass is 35.5. The number of halogens is 3. The minimum atomic E-state index is -0.961. The second kappa shape index (κ2) is 5.75. The lowest BCUT2D eigenvalue weighted by Gasteiger charge is -2.07. The lowest BCUT2D eigenvalue weighted by Crippen LogP contribution is -2.06. The van der Waals surface area contributed by atoms with E-state index in [1.807, 2.05) is 6.92 Å². The van der Waals surface area contributed by atoms with Gasteiger partial charge in [0, 0.05) is 18.3 Å². The lowest BCUT2D eigenvalue weighted by molar-refractivity contribution is 0.509. The van der Waals surface area contributed by atoms with Gasteiger partial charge in [-0.3, -0.25) is 0 Å². The monoisotopic (exact) mass is 285 g/mol. The van der Waals surface area contributed by atoms with E-state index in [2.05, 4.69) is 25.6 Å². The zero-order valence-corrected chi connectivity index (χ0v) is 10.7. The standard InChI is InChI=1S/C11H10ClF2N5/c1-2-15-10-17-9(12)18-11(19-10)16-6-3-4-7(13)8(14)5-6/h3-5H,2H2,1H3,(H2,15,16,17,18,19). The van der Waals surface area contributed by atoms with Crippen LogP contribution in [0, 0.1) is 11.6 Å². The molecule has 2 aromatic rings. The Morgan fingerprint density at radius 2 is 1.84 bits per heavy atom. The van der Waals surface area contributed by atoms with Crippen molar-refractivity contribution >= 4 is 29.2 Å². The van der Waals surface area contributed by atoms with Gasteiger partial charge in [-0.2, -0.15) is 15.0 Å². The molecule has 0 aliphatic rings. The van der Waals surface area contributed by atoms with Crippen LogP contribution in [0.15, 0.2) is 18.2 Å². The van der Waals surface area contributed by atoms with E-state index in [9.17, 15) is 8.78 Å². The van der Waals surface area contributed by atoms with E-state index in [0.29, 0.717) is 18.2 Å². The number of hydrogen-bond donors (Lipinski definition) is 2. The summed E-state index contributed by atoms with van der Waals surface area (Å²) in [6.07, 6.45) is 0. The van der Waals surface area contributed by atoms with Gasteiger partial charge in [-0.25, -0.2) is 8.78 Å². The highest BCUT2D eigenvalue weighted by Crippen LogP contribution is 2.18. The largest absolute Gasteiger partial charge is 0.354 e. The van der Waals surface area contributed by atoms with Crippen molar-refractivity contribution in [2.75, 3.05) is 17.2 Å². The molecule has 0 bridgehead atoms. The molecule has 0 aliphatic heterocycles. The van der Waals surface area contributed by atoms with Crippen molar-refractivity contribution in [3.05, 3.63) is 35.1 Å². The Kier molecular flexibility index (Phi) is 4.06. The average molecular weight is 286 g/mol. The Morgan fingerprint density at radius 3 is 2.53 bits per heavy atom. The third-order valence-corrected chi connectivity index (χ3v) is 2.29. The van der Waals surface area contributed by atoms with Crippen LogP contribution in [0.2, 0.25) is 5.28 Å². The molecule has 0 spiro atoms. The van der Waals surface area contributed by atoms with Crippen LogP contribution in [0.4, 0.5) is 26.4 Å². The SMILES string of the molecule is CCNc1nc(Cl)nc(Nc2ccc(F)c(F)c2)n1. The van der Waals surface area contributed by atoms with E-state index in [-0.39, 0.29) is 11.2 Å². The molecule has 2 N–H and O–H groups in total. The van der Waals surface area contributed by atoms with Crippen LogP contribution in [0.1, 0.15) is 6.92 Å². The van der Waals surface area contributed by atoms with E-state index in [1.165, 1.54) is 6.07 Å². The summed E-state index contributed by atoms with van der Waals surface area (Å²) in [7, 11) is 0. The van der Waals surface area contributed by atoms with Crippen LogP contribution in [0.25, 0.3) is 0 Å². The van der Waals surface area contributed by atoms with Crippen molar-refractivity contribution in [1.82, 2.24) is 15.0 Å². The van der Waals surface area contributed by atoms with Crippen molar-refractivity contribution < 1.29 is 8.78 Å². The van der Waals surface area contributed by atoms with Gasteiger partial charge in [0.05, 0.1) is 0 Å². The number of anilines is 3. The number of rotatable bonds is 4. The van der Waals surface area contributed by atoms with Gasteiger partial charge in [-0.1, -0.05) is 0 Å². The van der Waals surface area contributed by atoms with Gasteiger partial charge in [0.2, 0.25) is 17.2 Å². The molecule has 8 heteroatoms. The quantitative estimate of drug-likeness (QED) is 0.904. The second-order valence-electron chi connectivity index (χ2n) is 3.54. The fraction of sp³-hybridized carbons (Fsp3) is 0.182. The fourth-order valence-electron chi connectivity index (χ4n) is 1.35. The molecule has 1 aromatic carbocycles. The summed E-state index contributed by atoms with van der Waals surface area (Å²) in [6.45, 7) is 2.49. The van der Waals surface area contributed by atoms with Crippen LogP contribution >= 0.6 is 11.6 Å². The van der Waals surface area contributed by atoms with Crippen LogP contribution in [-0.2, 0) is 0 Å². The molecule has 19 heavy (non-hydrogen) atoms. The maximum Gasteiger partial charge on any atom is 0.233 e. The van der Waals surface area contributed by atoms with Crippen LogP contribution in [0.3, 0.4) is 0 Å². The minimum absolute atomic E-state index is 0.00367. The lowest BCUT2D eigenvalue weighted by atomic mass is 10.3. The fourth-order valence-corrected chi connectivity index (χ4v) is 1.51. The molecule has 0 aliphatic carbocycles. The Labute approximate surface area is 113 Å². The number of nitrogens with zero attached hydrogens (tertiary/aromatic N) is 3. The van der Waals surface area contributed by atoms with Crippen molar-refractivity contribution in [2.24, 2.45) is 0 Å². The Bertz CT molecular complexity index is 593. The predicted molar refractivity (Wildman–Crippen MR) is 68.6 cm³/mol. The highest BCUT2D eigenvalue weighted by molar-refractivity contribution is 6.28. The first kappa shape index (κ1) is 13.4. The number of benzene rings is 1. The first-order chi connectivity index (χ1) is 9.08. The predicted octanol–water partition coefficient (Wildman–Crippen LogP) is 2.98. The summed E-state index contributed by atoms with van der Waals surface area (Å²) in [6, 6.07) is 3.37. The molecule has 0 saturated heterocycles. The van der Waals surface area contributed by atoms with Crippen molar-refractivity contribution in [3.8, 4) is 0 Å². The Hall–Kier alpha value is -2.02. The van der Waals surface area contributed by atoms with Crippen molar-refractivity contribution in [1.29, 1.82) is 0 Å². The third-order valence-electron chi connectivity index (χ3n) is 2.12. The second-order valence-corrected chi connectivity index (χ2v) is 3.87. The minimum Gasteiger partial charge on any atom is -0.354 e. The summed E-state index contributed by atoms with van der Waals surface area (Å²) in [5.74, 6) is -1.45. The van der Waals surface area contributed by atoms with Gasteiger partial charge < -0.3 is 10.6 Å². The highest BCUT2D eigenvalue weighted by Gasteiger charge is 2.07. The molecular weight excluding hydrogens is 276 g/mol. The Morgan fingerprint density at radius 1 is 1.11 bits per heavy atom. The van der Waals surface area contributed by atoms with E-state index in [0.717, 1.165) is 12.1 Å². The molecule has 1 heterocycles. The van der Waals surface area contributed by atoms with Gasteiger partial charge >= 0.3 is 0 Å². The molecule has 0 saturated carbocycles. The van der Waals surface area contributed by atoms with E-state index >= 15 is 0 Å². The number of nitrogens with one attached hydrogen (secondary N) is 2. The molecule has 0 amide bonds. The van der Waals surface area contributed by atoms with Crippen molar-refractivity contribution in [3.63, 3.8) is 0 Å². The first-order valence-electron chi connectivity index (χ1n) is 5.46. The molecular formula is C11H10ClF2N5. The zero-order valence-electron chi connectivity index (χ0n) is 9.91. The van der Waals surface area contributed by atoms with Crippen LogP contribution in [0.5, 0.6) is 0 Å². The summed E-state index contributed by atoms with van der Waals surface area (Å²) < 4.78 is 25.8. The summed E-state index contributed by atoms with van der Waals surface area (Å²) in [5.41, 5.74) is 0.309. The summed E-state index contributed by atoms with van der Waals surface area (Å²) in [5, 5.41) is 5.59. The van der Waals surface area contributed by atoms with Gasteiger partial charge in [0.25, 0.3) is 0 Å². The van der Waals surface area contributed by atoms with Crippen LogP contribution in [-0.4, -0.2) is 21.5 Å². The maximum atomic E-state index is 13.1. The van der Waals surface area contributed by atoms with Crippen LogP contribution < -0.4 is 10.6 Å². The molecule has 0 unspecified atom stereocenters. The van der Waals surface area contributed by atoms with Gasteiger partial charge in [-0.05, 0) is 30.7 Å². The van der Waals surface area contributed by atoms with E-state index in [1.54, 1.807) is 0 Å². The molecule has 100 valence electrons. The van der Waals surface area contributed by atoms with Gasteiger partial charge in [-0.15, -0.1) is 0 Å². The van der Waals surface area contributed by atoms with E-state index < -0.39 is 11.6 Å². The average Bonchev–Trinajstić information content (AvgIpc) is 2.33. The molecule has 0 fully saturated rings. The third kappa shape index (κ3) is 3.47. The zero-order chi connectivity index (χ0) is 13.8. The molecule has 2 rings (SSSR count). The molecule has 0 radical (unpaired) electrons. The number of hydrogen-bond acceptors (Lipinski definition) is 5.